The van der Waals surface area contributed by atoms with Gasteiger partial charge in [0, 0.05) is 6.54 Å². The van der Waals surface area contributed by atoms with Crippen LogP contribution in [-0.2, 0) is 10.1 Å². The fourth-order valence-electron chi connectivity index (χ4n) is 2.50. The van der Waals surface area contributed by atoms with E-state index >= 15 is 0 Å². The molecular formula is C16H21NO3S. The van der Waals surface area contributed by atoms with E-state index in [2.05, 4.69) is 48.5 Å². The number of fused-ring (bicyclic) bond motifs is 1. The average Bonchev–Trinajstić information content (AvgIpc) is 2.47. The van der Waals surface area contributed by atoms with Gasteiger partial charge in [-0.15, -0.1) is 0 Å². The molecule has 1 atom stereocenters. The molecule has 0 aliphatic carbocycles. The predicted molar refractivity (Wildman–Crippen MR) is 86.0 cm³/mol. The van der Waals surface area contributed by atoms with Gasteiger partial charge in [-0.05, 0) is 37.2 Å². The minimum Gasteiger partial charge on any atom is -0.305 e. The van der Waals surface area contributed by atoms with Crippen LogP contribution in [0.15, 0.2) is 48.5 Å². The third-order valence-electron chi connectivity index (χ3n) is 3.66. The molecule has 1 fully saturated rings. The molecule has 0 saturated carbocycles. The fourth-order valence-corrected chi connectivity index (χ4v) is 3.40. The summed E-state index contributed by atoms with van der Waals surface area (Å²) in [7, 11) is -1.94. The van der Waals surface area contributed by atoms with E-state index in [1.54, 1.807) is 0 Å². The minimum atomic E-state index is -3.80. The molecule has 1 heterocycles. The van der Waals surface area contributed by atoms with E-state index in [0.29, 0.717) is 13.0 Å². The highest BCUT2D eigenvalue weighted by Gasteiger charge is 2.27. The van der Waals surface area contributed by atoms with Crippen molar-refractivity contribution < 1.29 is 13.0 Å². The Morgan fingerprint density at radius 3 is 1.86 bits per heavy atom. The Morgan fingerprint density at radius 1 is 1.05 bits per heavy atom. The first-order valence-corrected chi connectivity index (χ1v) is 8.56. The summed E-state index contributed by atoms with van der Waals surface area (Å²) in [5.41, 5.74) is 0. The van der Waals surface area contributed by atoms with Crippen molar-refractivity contribution in [2.45, 2.75) is 18.1 Å². The molecule has 1 unspecified atom stereocenters. The van der Waals surface area contributed by atoms with E-state index < -0.39 is 15.4 Å². The van der Waals surface area contributed by atoms with Gasteiger partial charge in [0.2, 0.25) is 0 Å². The van der Waals surface area contributed by atoms with E-state index in [1.807, 2.05) is 11.9 Å². The summed E-state index contributed by atoms with van der Waals surface area (Å²) in [6.45, 7) is 1.38. The summed E-state index contributed by atoms with van der Waals surface area (Å²) in [5.74, 6) is 0. The molecule has 1 N–H and O–H groups in total. The molecule has 21 heavy (non-hydrogen) atoms. The lowest BCUT2D eigenvalue weighted by Crippen LogP contribution is -2.39. The van der Waals surface area contributed by atoms with Crippen molar-refractivity contribution in [2.24, 2.45) is 0 Å². The van der Waals surface area contributed by atoms with Crippen molar-refractivity contribution >= 4 is 20.9 Å². The number of hydrogen-bond acceptors (Lipinski definition) is 3. The quantitative estimate of drug-likeness (QED) is 0.823. The predicted octanol–water partition coefficient (Wildman–Crippen LogP) is 2.81. The maximum Gasteiger partial charge on any atom is 0.269 e. The van der Waals surface area contributed by atoms with E-state index in [1.165, 1.54) is 10.8 Å². The molecule has 114 valence electrons. The van der Waals surface area contributed by atoms with Crippen LogP contribution >= 0.6 is 0 Å². The molecule has 5 heteroatoms. The van der Waals surface area contributed by atoms with Gasteiger partial charge >= 0.3 is 0 Å². The van der Waals surface area contributed by atoms with Crippen LogP contribution in [0.4, 0.5) is 0 Å². The number of hydrogen-bond donors (Lipinski definition) is 1. The van der Waals surface area contributed by atoms with Crippen LogP contribution in [-0.4, -0.2) is 43.3 Å². The summed E-state index contributed by atoms with van der Waals surface area (Å²) in [5, 5.41) is 2.05. The summed E-state index contributed by atoms with van der Waals surface area (Å²) in [6, 6.07) is 16.7. The fraction of sp³-hybridized carbons (Fsp3) is 0.375. The summed E-state index contributed by atoms with van der Waals surface area (Å²) < 4.78 is 30.0. The molecule has 2 aromatic rings. The number of likely N-dealkylation sites (tertiary alicyclic amines) is 1. The molecule has 0 amide bonds. The van der Waals surface area contributed by atoms with Crippen LogP contribution in [0.25, 0.3) is 10.8 Å². The van der Waals surface area contributed by atoms with Gasteiger partial charge in [0.25, 0.3) is 10.1 Å². The van der Waals surface area contributed by atoms with E-state index in [9.17, 15) is 8.42 Å². The standard InChI is InChI=1S/C10H8.C6H13NO3S/c1-2-6-10-8-4-3-7-9(10)5-1;1-7-4-2-3-6(5-7)11(8,9)10/h1-8H;6H,2-5H2,1H3,(H,8,9,10). The first-order valence-electron chi connectivity index (χ1n) is 7.05. The molecule has 0 bridgehead atoms. The topological polar surface area (TPSA) is 57.6 Å². The minimum absolute atomic E-state index is 0.457. The van der Waals surface area contributed by atoms with Gasteiger partial charge in [-0.1, -0.05) is 48.5 Å². The number of benzene rings is 2. The normalized spacial score (nSPS) is 19.8. The molecule has 1 aliphatic rings. The zero-order valence-electron chi connectivity index (χ0n) is 12.1. The second kappa shape index (κ2) is 7.02. The van der Waals surface area contributed by atoms with Crippen LogP contribution in [0, 0.1) is 0 Å². The van der Waals surface area contributed by atoms with Crippen LogP contribution < -0.4 is 0 Å². The molecule has 0 spiro atoms. The lowest BCUT2D eigenvalue weighted by molar-refractivity contribution is 0.271. The van der Waals surface area contributed by atoms with Crippen LogP contribution in [0.5, 0.6) is 0 Å². The molecule has 0 radical (unpaired) electrons. The van der Waals surface area contributed by atoms with Gasteiger partial charge < -0.3 is 4.90 Å². The Balaban J connectivity index is 0.000000154. The Hall–Kier alpha value is -1.43. The zero-order valence-corrected chi connectivity index (χ0v) is 13.0. The Morgan fingerprint density at radius 2 is 1.52 bits per heavy atom. The monoisotopic (exact) mass is 307 g/mol. The van der Waals surface area contributed by atoms with Crippen molar-refractivity contribution in [3.63, 3.8) is 0 Å². The second-order valence-electron chi connectivity index (χ2n) is 5.39. The molecule has 4 nitrogen and oxygen atoms in total. The maximum atomic E-state index is 10.7. The van der Waals surface area contributed by atoms with Gasteiger partial charge in [0.1, 0.15) is 0 Å². The Bertz CT molecular complexity index is 619. The Labute approximate surface area is 126 Å². The third kappa shape index (κ3) is 4.81. The number of nitrogens with zero attached hydrogens (tertiary/aromatic N) is 1. The van der Waals surface area contributed by atoms with Gasteiger partial charge in [-0.2, -0.15) is 8.42 Å². The number of piperidine rings is 1. The third-order valence-corrected chi connectivity index (χ3v) is 4.89. The smallest absolute Gasteiger partial charge is 0.269 e. The molecule has 2 aromatic carbocycles. The van der Waals surface area contributed by atoms with Crippen molar-refractivity contribution in [1.82, 2.24) is 4.90 Å². The largest absolute Gasteiger partial charge is 0.305 e. The van der Waals surface area contributed by atoms with Gasteiger partial charge in [-0.25, -0.2) is 0 Å². The number of rotatable bonds is 1. The molecule has 3 rings (SSSR count). The van der Waals surface area contributed by atoms with Crippen molar-refractivity contribution in [3.8, 4) is 0 Å². The average molecular weight is 307 g/mol. The van der Waals surface area contributed by atoms with Gasteiger partial charge in [-0.3, -0.25) is 4.55 Å². The molecule has 1 aliphatic heterocycles. The highest BCUT2D eigenvalue weighted by molar-refractivity contribution is 7.86. The first-order chi connectivity index (χ1) is 9.97. The van der Waals surface area contributed by atoms with Crippen molar-refractivity contribution in [1.29, 1.82) is 0 Å². The van der Waals surface area contributed by atoms with Gasteiger partial charge in [0.15, 0.2) is 0 Å². The van der Waals surface area contributed by atoms with Crippen LogP contribution in [0.3, 0.4) is 0 Å². The SMILES string of the molecule is CN1CCCC(S(=O)(=O)O)C1.c1ccc2ccccc2c1. The van der Waals surface area contributed by atoms with Crippen LogP contribution in [0.1, 0.15) is 12.8 Å². The zero-order chi connectivity index (χ0) is 15.3. The van der Waals surface area contributed by atoms with E-state index in [4.69, 9.17) is 4.55 Å². The second-order valence-corrected chi connectivity index (χ2v) is 7.09. The van der Waals surface area contributed by atoms with Gasteiger partial charge in [0.05, 0.1) is 5.25 Å². The summed E-state index contributed by atoms with van der Waals surface area (Å²) >= 11 is 0. The summed E-state index contributed by atoms with van der Waals surface area (Å²) in [6.07, 6.45) is 1.43. The lowest BCUT2D eigenvalue weighted by atomic mass is 10.1. The highest BCUT2D eigenvalue weighted by Crippen LogP contribution is 2.14. The maximum absolute atomic E-state index is 10.7. The van der Waals surface area contributed by atoms with Crippen molar-refractivity contribution in [2.75, 3.05) is 20.1 Å². The highest BCUT2D eigenvalue weighted by atomic mass is 32.2. The lowest BCUT2D eigenvalue weighted by Gasteiger charge is -2.27. The van der Waals surface area contributed by atoms with Crippen LogP contribution in [0.2, 0.25) is 0 Å². The molecule has 1 saturated heterocycles. The van der Waals surface area contributed by atoms with E-state index in [0.717, 1.165) is 13.0 Å². The first kappa shape index (κ1) is 15.9. The molecule has 0 aromatic heterocycles. The van der Waals surface area contributed by atoms with E-state index in [-0.39, 0.29) is 0 Å². The van der Waals surface area contributed by atoms with Crippen molar-refractivity contribution in [3.05, 3.63) is 48.5 Å². The Kier molecular flexibility index (Phi) is 5.33. The molecular weight excluding hydrogens is 286 g/mol. The summed E-state index contributed by atoms with van der Waals surface area (Å²) in [4.78, 5) is 1.92.